The molecule has 5 rings (SSSR count). The van der Waals surface area contributed by atoms with E-state index in [4.69, 9.17) is 0 Å². The largest absolute Gasteiger partial charge is 0.395 e. The molecule has 0 saturated carbocycles. The van der Waals surface area contributed by atoms with Gasteiger partial charge in [-0.1, -0.05) is 36.4 Å². The summed E-state index contributed by atoms with van der Waals surface area (Å²) in [5, 5.41) is 20.1. The summed E-state index contributed by atoms with van der Waals surface area (Å²) < 4.78 is 0. The van der Waals surface area contributed by atoms with Crippen molar-refractivity contribution < 1.29 is 5.11 Å². The zero-order valence-corrected chi connectivity index (χ0v) is 17.9. The van der Waals surface area contributed by atoms with Gasteiger partial charge < -0.3 is 21.1 Å². The summed E-state index contributed by atoms with van der Waals surface area (Å²) in [6.07, 6.45) is 3.56. The summed E-state index contributed by atoms with van der Waals surface area (Å²) in [7, 11) is 0. The lowest BCUT2D eigenvalue weighted by Crippen LogP contribution is -2.11. The van der Waals surface area contributed by atoms with Crippen molar-refractivity contribution in [2.75, 3.05) is 29.1 Å². The molecular formula is C25H23N7O. The Morgan fingerprint density at radius 3 is 2.58 bits per heavy atom. The molecule has 33 heavy (non-hydrogen) atoms. The van der Waals surface area contributed by atoms with Gasteiger partial charge in [-0.25, -0.2) is 9.97 Å². The first-order valence-corrected chi connectivity index (χ1v) is 10.7. The fraction of sp³-hybridized carbons (Fsp3) is 0.120. The molecule has 0 aliphatic heterocycles. The molecule has 8 nitrogen and oxygen atoms in total. The van der Waals surface area contributed by atoms with Crippen LogP contribution in [0.3, 0.4) is 0 Å². The Labute approximate surface area is 190 Å². The summed E-state index contributed by atoms with van der Waals surface area (Å²) in [4.78, 5) is 18.2. The smallest absolute Gasteiger partial charge is 0.225 e. The molecule has 0 radical (unpaired) electrons. The van der Waals surface area contributed by atoms with Crippen LogP contribution < -0.4 is 16.0 Å². The third-order valence-corrected chi connectivity index (χ3v) is 5.13. The highest BCUT2D eigenvalue weighted by atomic mass is 16.3. The Kier molecular flexibility index (Phi) is 5.90. The minimum Gasteiger partial charge on any atom is -0.395 e. The van der Waals surface area contributed by atoms with Gasteiger partial charge >= 0.3 is 0 Å². The lowest BCUT2D eigenvalue weighted by molar-refractivity contribution is 0.311. The molecule has 0 fully saturated rings. The average Bonchev–Trinajstić information content (AvgIpc) is 2.86. The van der Waals surface area contributed by atoms with Crippen LogP contribution in [0.5, 0.6) is 0 Å². The Bertz CT molecular complexity index is 1390. The molecule has 0 aliphatic carbocycles. The first kappa shape index (κ1) is 20.6. The molecule has 4 N–H and O–H groups in total. The van der Waals surface area contributed by atoms with Crippen LogP contribution >= 0.6 is 0 Å². The second-order valence-corrected chi connectivity index (χ2v) is 7.51. The average molecular weight is 438 g/mol. The molecule has 0 saturated heterocycles. The molecule has 5 aromatic rings. The van der Waals surface area contributed by atoms with Gasteiger partial charge in [0.1, 0.15) is 5.52 Å². The van der Waals surface area contributed by atoms with Crippen molar-refractivity contribution in [3.63, 3.8) is 0 Å². The predicted molar refractivity (Wildman–Crippen MR) is 132 cm³/mol. The van der Waals surface area contributed by atoms with E-state index in [0.29, 0.717) is 35.9 Å². The number of fused-ring (bicyclic) bond motifs is 2. The Balaban J connectivity index is 1.45. The minimum atomic E-state index is -0.00909. The molecule has 0 aliphatic rings. The zero-order valence-electron chi connectivity index (χ0n) is 17.9. The maximum atomic E-state index is 9.19. The van der Waals surface area contributed by atoms with E-state index in [2.05, 4.69) is 48.0 Å². The van der Waals surface area contributed by atoms with Gasteiger partial charge in [0, 0.05) is 30.4 Å². The van der Waals surface area contributed by atoms with Gasteiger partial charge in [0.2, 0.25) is 5.95 Å². The number of aromatic nitrogens is 4. The normalized spacial score (nSPS) is 10.9. The van der Waals surface area contributed by atoms with E-state index in [1.165, 1.54) is 0 Å². The van der Waals surface area contributed by atoms with Gasteiger partial charge in [0.05, 0.1) is 29.5 Å². The van der Waals surface area contributed by atoms with E-state index in [1.54, 1.807) is 12.4 Å². The summed E-state index contributed by atoms with van der Waals surface area (Å²) in [5.74, 6) is 1.07. The van der Waals surface area contributed by atoms with Crippen LogP contribution in [-0.4, -0.2) is 38.2 Å². The van der Waals surface area contributed by atoms with Crippen LogP contribution in [0, 0.1) is 0 Å². The molecule has 0 atom stereocenters. The topological polar surface area (TPSA) is 108 Å². The van der Waals surface area contributed by atoms with Crippen molar-refractivity contribution >= 4 is 45.1 Å². The molecule has 0 bridgehead atoms. The maximum absolute atomic E-state index is 9.19. The van der Waals surface area contributed by atoms with Gasteiger partial charge in [-0.2, -0.15) is 4.98 Å². The lowest BCUT2D eigenvalue weighted by atomic mass is 10.2. The monoisotopic (exact) mass is 437 g/mol. The first-order valence-electron chi connectivity index (χ1n) is 10.7. The number of aliphatic hydroxyl groups is 1. The van der Waals surface area contributed by atoms with Crippen molar-refractivity contribution in [2.24, 2.45) is 0 Å². The molecule has 0 unspecified atom stereocenters. The van der Waals surface area contributed by atoms with Crippen LogP contribution in [0.25, 0.3) is 21.9 Å². The van der Waals surface area contributed by atoms with Gasteiger partial charge in [-0.05, 0) is 35.9 Å². The van der Waals surface area contributed by atoms with Gasteiger partial charge in [-0.15, -0.1) is 0 Å². The number of hydrogen-bond acceptors (Lipinski definition) is 8. The first-order chi connectivity index (χ1) is 16.3. The summed E-state index contributed by atoms with van der Waals surface area (Å²) in [5.41, 5.74) is 5.19. The lowest BCUT2D eigenvalue weighted by Gasteiger charge is -2.13. The van der Waals surface area contributed by atoms with E-state index >= 15 is 0 Å². The van der Waals surface area contributed by atoms with Gasteiger partial charge in [0.25, 0.3) is 0 Å². The van der Waals surface area contributed by atoms with E-state index in [9.17, 15) is 5.11 Å². The second-order valence-electron chi connectivity index (χ2n) is 7.51. The molecule has 164 valence electrons. The minimum absolute atomic E-state index is 0.00909. The molecule has 8 heteroatoms. The maximum Gasteiger partial charge on any atom is 0.225 e. The fourth-order valence-electron chi connectivity index (χ4n) is 3.56. The number of pyridine rings is 2. The van der Waals surface area contributed by atoms with Crippen molar-refractivity contribution in [1.29, 1.82) is 0 Å². The standard InChI is InChI=1S/C25H23N7O/c33-12-11-27-25-31-22-14-20(30-19-8-9-21-18(13-19)7-4-10-26-21)16-28-23(22)24(32-25)29-15-17-5-2-1-3-6-17/h1-10,13-14,16,30,33H,11-12,15H2,(H2,27,29,31,32). The number of anilines is 4. The number of benzene rings is 2. The summed E-state index contributed by atoms with van der Waals surface area (Å²) in [6.45, 7) is 0.962. The van der Waals surface area contributed by atoms with Crippen LogP contribution in [0.4, 0.5) is 23.1 Å². The van der Waals surface area contributed by atoms with E-state index in [-0.39, 0.29) is 6.61 Å². The number of nitrogens with zero attached hydrogens (tertiary/aromatic N) is 4. The van der Waals surface area contributed by atoms with Crippen LogP contribution in [0.15, 0.2) is 79.1 Å². The Hall–Kier alpha value is -4.30. The molecule has 3 heterocycles. The predicted octanol–water partition coefficient (Wildman–Crippen LogP) is 4.33. The van der Waals surface area contributed by atoms with Gasteiger partial charge in [0.15, 0.2) is 5.82 Å². The molecule has 0 spiro atoms. The molecule has 0 amide bonds. The third kappa shape index (κ3) is 4.81. The van der Waals surface area contributed by atoms with Crippen molar-refractivity contribution in [3.05, 3.63) is 84.7 Å². The number of aliphatic hydroxyl groups excluding tert-OH is 1. The van der Waals surface area contributed by atoms with Crippen LogP contribution in [0.1, 0.15) is 5.56 Å². The highest BCUT2D eigenvalue weighted by Gasteiger charge is 2.11. The van der Waals surface area contributed by atoms with Crippen molar-refractivity contribution in [1.82, 2.24) is 19.9 Å². The molecular weight excluding hydrogens is 414 g/mol. The number of hydrogen-bond donors (Lipinski definition) is 4. The quantitative estimate of drug-likeness (QED) is 0.284. The number of nitrogens with one attached hydrogen (secondary N) is 3. The van der Waals surface area contributed by atoms with Crippen LogP contribution in [-0.2, 0) is 6.54 Å². The molecule has 3 aromatic heterocycles. The second kappa shape index (κ2) is 9.46. The molecule has 2 aromatic carbocycles. The van der Waals surface area contributed by atoms with Crippen molar-refractivity contribution in [2.45, 2.75) is 6.54 Å². The summed E-state index contributed by atoms with van der Waals surface area (Å²) >= 11 is 0. The third-order valence-electron chi connectivity index (χ3n) is 5.13. The number of rotatable bonds is 8. The fourth-order valence-corrected chi connectivity index (χ4v) is 3.56. The van der Waals surface area contributed by atoms with Crippen molar-refractivity contribution in [3.8, 4) is 0 Å². The Morgan fingerprint density at radius 1 is 0.788 bits per heavy atom. The highest BCUT2D eigenvalue weighted by Crippen LogP contribution is 2.26. The van der Waals surface area contributed by atoms with Crippen LogP contribution in [0.2, 0.25) is 0 Å². The zero-order chi connectivity index (χ0) is 22.5. The SMILES string of the molecule is OCCNc1nc(NCc2ccccc2)c2ncc(Nc3ccc4ncccc4c3)cc2n1. The van der Waals surface area contributed by atoms with E-state index in [1.807, 2.05) is 54.6 Å². The van der Waals surface area contributed by atoms with E-state index in [0.717, 1.165) is 27.8 Å². The highest BCUT2D eigenvalue weighted by molar-refractivity contribution is 5.89. The van der Waals surface area contributed by atoms with Gasteiger partial charge in [-0.3, -0.25) is 4.98 Å². The van der Waals surface area contributed by atoms with E-state index < -0.39 is 0 Å². The summed E-state index contributed by atoms with van der Waals surface area (Å²) in [6, 6.07) is 22.0. The Morgan fingerprint density at radius 2 is 1.70 bits per heavy atom.